The first-order valence-electron chi connectivity index (χ1n) is 9.32. The SMILES string of the molecule is CCCC(C#C[Si](C)(C)C)N(Cc1ccccc1)Cc1ccccc1. The van der Waals surface area contributed by atoms with Crippen LogP contribution < -0.4 is 0 Å². The molecule has 0 radical (unpaired) electrons. The largest absolute Gasteiger partial charge is 0.281 e. The Labute approximate surface area is 155 Å². The van der Waals surface area contributed by atoms with Gasteiger partial charge in [-0.1, -0.05) is 99.6 Å². The van der Waals surface area contributed by atoms with Crippen LogP contribution in [0.4, 0.5) is 0 Å². The van der Waals surface area contributed by atoms with E-state index in [0.29, 0.717) is 6.04 Å². The molecule has 0 bridgehead atoms. The smallest absolute Gasteiger partial charge is 0.129 e. The zero-order chi connectivity index (χ0) is 18.1. The van der Waals surface area contributed by atoms with Crippen LogP contribution in [0, 0.1) is 11.5 Å². The molecule has 0 aliphatic rings. The van der Waals surface area contributed by atoms with Gasteiger partial charge in [-0.15, -0.1) is 5.54 Å². The number of rotatable bonds is 7. The third-order valence-corrected chi connectivity index (χ3v) is 4.97. The molecule has 132 valence electrons. The normalized spacial score (nSPS) is 12.5. The second-order valence-corrected chi connectivity index (χ2v) is 12.4. The zero-order valence-corrected chi connectivity index (χ0v) is 17.1. The van der Waals surface area contributed by atoms with Crippen molar-refractivity contribution in [1.29, 1.82) is 0 Å². The summed E-state index contributed by atoms with van der Waals surface area (Å²) in [4.78, 5) is 2.54. The van der Waals surface area contributed by atoms with E-state index in [0.717, 1.165) is 25.9 Å². The van der Waals surface area contributed by atoms with Crippen LogP contribution in [0.1, 0.15) is 30.9 Å². The van der Waals surface area contributed by atoms with Gasteiger partial charge in [0, 0.05) is 13.1 Å². The monoisotopic (exact) mass is 349 g/mol. The van der Waals surface area contributed by atoms with Crippen LogP contribution in [0.3, 0.4) is 0 Å². The van der Waals surface area contributed by atoms with Gasteiger partial charge in [-0.05, 0) is 17.5 Å². The van der Waals surface area contributed by atoms with Crippen LogP contribution in [0.25, 0.3) is 0 Å². The van der Waals surface area contributed by atoms with Crippen molar-refractivity contribution in [3.63, 3.8) is 0 Å². The van der Waals surface area contributed by atoms with Crippen molar-refractivity contribution in [3.05, 3.63) is 71.8 Å². The third kappa shape index (κ3) is 7.30. The molecule has 0 spiro atoms. The molecule has 2 aromatic rings. The lowest BCUT2D eigenvalue weighted by atomic mass is 10.1. The van der Waals surface area contributed by atoms with Gasteiger partial charge in [-0.3, -0.25) is 4.90 Å². The van der Waals surface area contributed by atoms with E-state index in [9.17, 15) is 0 Å². The van der Waals surface area contributed by atoms with Crippen molar-refractivity contribution in [1.82, 2.24) is 4.90 Å². The van der Waals surface area contributed by atoms with Gasteiger partial charge >= 0.3 is 0 Å². The maximum atomic E-state index is 3.64. The molecule has 1 nitrogen and oxygen atoms in total. The van der Waals surface area contributed by atoms with Crippen LogP contribution in [-0.4, -0.2) is 19.0 Å². The highest BCUT2D eigenvalue weighted by Gasteiger charge is 2.18. The highest BCUT2D eigenvalue weighted by molar-refractivity contribution is 6.83. The summed E-state index contributed by atoms with van der Waals surface area (Å²) in [5.41, 5.74) is 6.32. The highest BCUT2D eigenvalue weighted by Crippen LogP contribution is 2.16. The summed E-state index contributed by atoms with van der Waals surface area (Å²) in [6.07, 6.45) is 2.28. The standard InChI is InChI=1S/C23H31NSi/c1-5-12-23(17-18-25(2,3)4)24(19-21-13-8-6-9-14-21)20-22-15-10-7-11-16-22/h6-11,13-16,23H,5,12,19-20H2,1-4H3. The van der Waals surface area contributed by atoms with Gasteiger partial charge < -0.3 is 0 Å². The Balaban J connectivity index is 2.27. The van der Waals surface area contributed by atoms with Gasteiger partial charge in [0.1, 0.15) is 8.07 Å². The average molecular weight is 350 g/mol. The molecule has 2 aromatic carbocycles. The van der Waals surface area contributed by atoms with Gasteiger partial charge in [0.25, 0.3) is 0 Å². The fourth-order valence-electron chi connectivity index (χ4n) is 2.83. The molecule has 0 saturated carbocycles. The summed E-state index contributed by atoms with van der Waals surface area (Å²) < 4.78 is 0. The molecule has 0 fully saturated rings. The van der Waals surface area contributed by atoms with Crippen molar-refractivity contribution in [2.24, 2.45) is 0 Å². The lowest BCUT2D eigenvalue weighted by Gasteiger charge is -2.29. The van der Waals surface area contributed by atoms with Crippen molar-refractivity contribution in [2.45, 2.75) is 58.5 Å². The maximum absolute atomic E-state index is 3.64. The van der Waals surface area contributed by atoms with E-state index in [-0.39, 0.29) is 0 Å². The second kappa shape index (κ2) is 9.61. The van der Waals surface area contributed by atoms with Crippen LogP contribution in [0.5, 0.6) is 0 Å². The second-order valence-electron chi connectivity index (χ2n) is 7.70. The Morgan fingerprint density at radius 3 is 1.72 bits per heavy atom. The average Bonchev–Trinajstić information content (AvgIpc) is 2.59. The molecule has 0 aromatic heterocycles. The van der Waals surface area contributed by atoms with Crippen molar-refractivity contribution >= 4 is 8.07 Å². The fraction of sp³-hybridized carbons (Fsp3) is 0.391. The molecular weight excluding hydrogens is 318 g/mol. The Hall–Kier alpha value is -1.82. The lowest BCUT2D eigenvalue weighted by Crippen LogP contribution is -2.34. The van der Waals surface area contributed by atoms with E-state index in [2.05, 4.69) is 104 Å². The Bertz CT molecular complexity index is 635. The minimum atomic E-state index is -1.37. The first-order valence-corrected chi connectivity index (χ1v) is 12.8. The molecule has 0 N–H and O–H groups in total. The first-order chi connectivity index (χ1) is 12.0. The summed E-state index contributed by atoms with van der Waals surface area (Å²) >= 11 is 0. The molecule has 1 atom stereocenters. The van der Waals surface area contributed by atoms with Crippen LogP contribution >= 0.6 is 0 Å². The zero-order valence-electron chi connectivity index (χ0n) is 16.1. The molecule has 25 heavy (non-hydrogen) atoms. The summed E-state index contributed by atoms with van der Waals surface area (Å²) in [7, 11) is -1.37. The molecule has 1 unspecified atom stereocenters. The topological polar surface area (TPSA) is 3.24 Å². The molecule has 2 rings (SSSR count). The molecular formula is C23H31NSi. The number of hydrogen-bond donors (Lipinski definition) is 0. The molecule has 0 amide bonds. The first kappa shape index (κ1) is 19.5. The van der Waals surface area contributed by atoms with Crippen molar-refractivity contribution < 1.29 is 0 Å². The van der Waals surface area contributed by atoms with E-state index >= 15 is 0 Å². The van der Waals surface area contributed by atoms with Crippen molar-refractivity contribution in [2.75, 3.05) is 0 Å². The van der Waals surface area contributed by atoms with Crippen LogP contribution in [-0.2, 0) is 13.1 Å². The van der Waals surface area contributed by atoms with E-state index in [4.69, 9.17) is 0 Å². The Morgan fingerprint density at radius 1 is 0.840 bits per heavy atom. The Kier molecular flexibility index (Phi) is 7.49. The van der Waals surface area contributed by atoms with Gasteiger partial charge in [-0.2, -0.15) is 0 Å². The molecule has 0 aliphatic heterocycles. The van der Waals surface area contributed by atoms with E-state index in [1.54, 1.807) is 0 Å². The number of benzene rings is 2. The molecule has 0 heterocycles. The summed E-state index contributed by atoms with van der Waals surface area (Å²) in [6.45, 7) is 11.1. The fourth-order valence-corrected chi connectivity index (χ4v) is 3.43. The van der Waals surface area contributed by atoms with Crippen LogP contribution in [0.15, 0.2) is 60.7 Å². The number of nitrogens with zero attached hydrogens (tertiary/aromatic N) is 1. The van der Waals surface area contributed by atoms with E-state index in [1.165, 1.54) is 11.1 Å². The minimum absolute atomic E-state index is 0.317. The van der Waals surface area contributed by atoms with Gasteiger partial charge in [-0.25, -0.2) is 0 Å². The quantitative estimate of drug-likeness (QED) is 0.455. The van der Waals surface area contributed by atoms with Crippen LogP contribution in [0.2, 0.25) is 19.6 Å². The van der Waals surface area contributed by atoms with Gasteiger partial charge in [0.15, 0.2) is 0 Å². The molecule has 0 aliphatic carbocycles. The summed E-state index contributed by atoms with van der Waals surface area (Å²) in [5.74, 6) is 3.64. The van der Waals surface area contributed by atoms with E-state index < -0.39 is 8.07 Å². The third-order valence-electron chi connectivity index (χ3n) is 4.07. The van der Waals surface area contributed by atoms with Crippen molar-refractivity contribution in [3.8, 4) is 11.5 Å². The predicted octanol–water partition coefficient (Wildman–Crippen LogP) is 5.74. The van der Waals surface area contributed by atoms with Gasteiger partial charge in [0.2, 0.25) is 0 Å². The summed E-state index contributed by atoms with van der Waals surface area (Å²) in [5, 5.41) is 0. The maximum Gasteiger partial charge on any atom is 0.129 e. The minimum Gasteiger partial charge on any atom is -0.281 e. The lowest BCUT2D eigenvalue weighted by molar-refractivity contribution is 0.207. The highest BCUT2D eigenvalue weighted by atomic mass is 28.3. The van der Waals surface area contributed by atoms with E-state index in [1.807, 2.05) is 0 Å². The summed E-state index contributed by atoms with van der Waals surface area (Å²) in [6, 6.07) is 21.8. The number of hydrogen-bond acceptors (Lipinski definition) is 1. The molecule has 0 saturated heterocycles. The van der Waals surface area contributed by atoms with Gasteiger partial charge in [0.05, 0.1) is 6.04 Å². The Morgan fingerprint density at radius 2 is 1.32 bits per heavy atom. The predicted molar refractivity (Wildman–Crippen MR) is 112 cm³/mol. The molecule has 2 heteroatoms.